The smallest absolute Gasteiger partial charge is 0.253 e. The van der Waals surface area contributed by atoms with Crippen LogP contribution in [0.4, 0.5) is 0 Å². The molecule has 0 aliphatic heterocycles. The molecule has 6 heteroatoms. The average molecular weight is 351 g/mol. The molecule has 0 saturated heterocycles. The molecule has 0 fully saturated rings. The van der Waals surface area contributed by atoms with Crippen LogP contribution in [0.3, 0.4) is 0 Å². The number of carbonyl (C=O) groups excluding carboxylic acids is 1. The first-order valence-electron chi connectivity index (χ1n) is 8.25. The van der Waals surface area contributed by atoms with Crippen molar-refractivity contribution in [3.05, 3.63) is 71.2 Å². The summed E-state index contributed by atoms with van der Waals surface area (Å²) < 4.78 is 7.05. The van der Waals surface area contributed by atoms with Gasteiger partial charge in [-0.15, -0.1) is 0 Å². The maximum Gasteiger partial charge on any atom is 0.253 e. The molecule has 26 heavy (non-hydrogen) atoms. The lowest BCUT2D eigenvalue weighted by atomic mass is 10.2. The molecule has 0 aliphatic rings. The van der Waals surface area contributed by atoms with Gasteiger partial charge in [0.05, 0.1) is 12.7 Å². The number of phenols is 1. The zero-order chi connectivity index (χ0) is 18.7. The first kappa shape index (κ1) is 17.5. The van der Waals surface area contributed by atoms with E-state index in [4.69, 9.17) is 4.74 Å². The number of hydrogen-bond donors (Lipinski definition) is 2. The predicted octanol–water partition coefficient (Wildman–Crippen LogP) is 3.13. The molecule has 3 rings (SSSR count). The van der Waals surface area contributed by atoms with Crippen molar-refractivity contribution < 1.29 is 14.6 Å². The molecule has 1 aromatic carbocycles. The summed E-state index contributed by atoms with van der Waals surface area (Å²) in [6.07, 6.45) is 1.73. The lowest BCUT2D eigenvalue weighted by molar-refractivity contribution is 0.0950. The highest BCUT2D eigenvalue weighted by Gasteiger charge is 2.17. The van der Waals surface area contributed by atoms with Crippen LogP contribution < -0.4 is 10.1 Å². The highest BCUT2D eigenvalue weighted by molar-refractivity contribution is 5.95. The van der Waals surface area contributed by atoms with Gasteiger partial charge in [0.1, 0.15) is 5.82 Å². The molecular weight excluding hydrogens is 330 g/mol. The van der Waals surface area contributed by atoms with Gasteiger partial charge in [-0.2, -0.15) is 0 Å². The van der Waals surface area contributed by atoms with E-state index in [1.165, 1.54) is 7.11 Å². The third-order valence-corrected chi connectivity index (χ3v) is 4.25. The van der Waals surface area contributed by atoms with Crippen LogP contribution in [0.2, 0.25) is 0 Å². The zero-order valence-corrected chi connectivity index (χ0v) is 15.0. The monoisotopic (exact) mass is 351 g/mol. The number of pyridine rings is 1. The second kappa shape index (κ2) is 7.31. The van der Waals surface area contributed by atoms with Gasteiger partial charge >= 0.3 is 0 Å². The van der Waals surface area contributed by atoms with E-state index in [1.54, 1.807) is 24.4 Å². The second-order valence-corrected chi connectivity index (χ2v) is 6.00. The highest BCUT2D eigenvalue weighted by atomic mass is 16.5. The fraction of sp³-hybridized carbons (Fsp3) is 0.200. The first-order valence-corrected chi connectivity index (χ1v) is 8.25. The molecular formula is C20H21N3O3. The Kier molecular flexibility index (Phi) is 4.93. The van der Waals surface area contributed by atoms with Gasteiger partial charge in [-0.05, 0) is 49.7 Å². The zero-order valence-electron chi connectivity index (χ0n) is 15.0. The minimum absolute atomic E-state index is 0.0708. The van der Waals surface area contributed by atoms with E-state index in [0.29, 0.717) is 17.9 Å². The average Bonchev–Trinajstić information content (AvgIpc) is 2.95. The van der Waals surface area contributed by atoms with Crippen molar-refractivity contribution in [2.24, 2.45) is 0 Å². The first-order chi connectivity index (χ1) is 12.5. The molecule has 0 saturated carbocycles. The third kappa shape index (κ3) is 3.39. The Bertz CT molecular complexity index is 933. The predicted molar refractivity (Wildman–Crippen MR) is 98.9 cm³/mol. The molecule has 1 amide bonds. The number of benzene rings is 1. The summed E-state index contributed by atoms with van der Waals surface area (Å²) in [5.74, 6) is 1.07. The SMILES string of the molecule is COc1cc(CNC(=O)c2cc(C)n(-c3ccccn3)c2C)ccc1O. The number of aryl methyl sites for hydroxylation is 1. The van der Waals surface area contributed by atoms with Crippen LogP contribution in [0, 0.1) is 13.8 Å². The minimum atomic E-state index is -0.160. The summed E-state index contributed by atoms with van der Waals surface area (Å²) in [6, 6.07) is 12.5. The van der Waals surface area contributed by atoms with Crippen molar-refractivity contribution in [2.45, 2.75) is 20.4 Å². The number of ether oxygens (including phenoxy) is 1. The highest BCUT2D eigenvalue weighted by Crippen LogP contribution is 2.26. The van der Waals surface area contributed by atoms with E-state index in [-0.39, 0.29) is 11.7 Å². The molecule has 2 N–H and O–H groups in total. The van der Waals surface area contributed by atoms with Gasteiger partial charge in [-0.1, -0.05) is 12.1 Å². The second-order valence-electron chi connectivity index (χ2n) is 6.00. The molecule has 0 aliphatic carbocycles. The molecule has 2 aromatic heterocycles. The van der Waals surface area contributed by atoms with Crippen molar-refractivity contribution in [1.82, 2.24) is 14.9 Å². The maximum atomic E-state index is 12.6. The van der Waals surface area contributed by atoms with Crippen LogP contribution in [0.1, 0.15) is 27.3 Å². The number of methoxy groups -OCH3 is 1. The summed E-state index contributed by atoms with van der Waals surface area (Å²) in [4.78, 5) is 17.0. The number of aromatic hydroxyl groups is 1. The van der Waals surface area contributed by atoms with Crippen molar-refractivity contribution in [3.8, 4) is 17.3 Å². The Hall–Kier alpha value is -3.28. The number of phenolic OH excluding ortho intramolecular Hbond substituents is 1. The van der Waals surface area contributed by atoms with E-state index in [1.807, 2.05) is 42.7 Å². The van der Waals surface area contributed by atoms with E-state index in [0.717, 1.165) is 22.8 Å². The van der Waals surface area contributed by atoms with Crippen LogP contribution in [0.25, 0.3) is 5.82 Å². The van der Waals surface area contributed by atoms with Crippen LogP contribution in [0.5, 0.6) is 11.5 Å². The standard InChI is InChI=1S/C20H21N3O3/c1-13-10-16(14(2)23(13)19-6-4-5-9-21-19)20(25)22-12-15-7-8-17(24)18(11-15)26-3/h4-11,24H,12H2,1-3H3,(H,22,25). The van der Waals surface area contributed by atoms with Gasteiger partial charge in [-0.3, -0.25) is 4.79 Å². The number of rotatable bonds is 5. The largest absolute Gasteiger partial charge is 0.504 e. The van der Waals surface area contributed by atoms with Crippen LogP contribution >= 0.6 is 0 Å². The summed E-state index contributed by atoms with van der Waals surface area (Å²) in [5, 5.41) is 12.6. The van der Waals surface area contributed by atoms with Gasteiger partial charge in [0, 0.05) is 24.1 Å². The molecule has 0 radical (unpaired) electrons. The van der Waals surface area contributed by atoms with Crippen molar-refractivity contribution in [3.63, 3.8) is 0 Å². The van der Waals surface area contributed by atoms with E-state index in [9.17, 15) is 9.90 Å². The summed E-state index contributed by atoms with van der Waals surface area (Å²) in [6.45, 7) is 4.19. The number of hydrogen-bond acceptors (Lipinski definition) is 4. The quantitative estimate of drug-likeness (QED) is 0.740. The molecule has 3 aromatic rings. The minimum Gasteiger partial charge on any atom is -0.504 e. The third-order valence-electron chi connectivity index (χ3n) is 4.25. The Labute approximate surface area is 152 Å². The molecule has 2 heterocycles. The Balaban J connectivity index is 1.79. The van der Waals surface area contributed by atoms with Crippen molar-refractivity contribution in [2.75, 3.05) is 7.11 Å². The topological polar surface area (TPSA) is 76.4 Å². The number of nitrogens with one attached hydrogen (secondary N) is 1. The molecule has 6 nitrogen and oxygen atoms in total. The van der Waals surface area contributed by atoms with Crippen LogP contribution in [-0.4, -0.2) is 27.7 Å². The maximum absolute atomic E-state index is 12.6. The van der Waals surface area contributed by atoms with Gasteiger partial charge in [0.2, 0.25) is 0 Å². The summed E-state index contributed by atoms with van der Waals surface area (Å²) in [7, 11) is 1.49. The van der Waals surface area contributed by atoms with Crippen molar-refractivity contribution in [1.29, 1.82) is 0 Å². The Morgan fingerprint density at radius 2 is 2.04 bits per heavy atom. The Morgan fingerprint density at radius 3 is 2.73 bits per heavy atom. The van der Waals surface area contributed by atoms with E-state index in [2.05, 4.69) is 10.3 Å². The van der Waals surface area contributed by atoms with Gasteiger partial charge < -0.3 is 19.7 Å². The molecule has 0 atom stereocenters. The lowest BCUT2D eigenvalue weighted by Crippen LogP contribution is -2.23. The van der Waals surface area contributed by atoms with Crippen LogP contribution in [0.15, 0.2) is 48.7 Å². The van der Waals surface area contributed by atoms with Crippen molar-refractivity contribution >= 4 is 5.91 Å². The van der Waals surface area contributed by atoms with Gasteiger partial charge in [-0.25, -0.2) is 4.98 Å². The van der Waals surface area contributed by atoms with E-state index < -0.39 is 0 Å². The summed E-state index contributed by atoms with van der Waals surface area (Å²) >= 11 is 0. The molecule has 134 valence electrons. The van der Waals surface area contributed by atoms with Crippen LogP contribution in [-0.2, 0) is 6.54 Å². The fourth-order valence-electron chi connectivity index (χ4n) is 2.94. The summed E-state index contributed by atoms with van der Waals surface area (Å²) in [5.41, 5.74) is 3.23. The number of amides is 1. The van der Waals surface area contributed by atoms with Gasteiger partial charge in [0.25, 0.3) is 5.91 Å². The molecule has 0 spiro atoms. The Morgan fingerprint density at radius 1 is 1.23 bits per heavy atom. The normalized spacial score (nSPS) is 10.6. The lowest BCUT2D eigenvalue weighted by Gasteiger charge is -2.10. The molecule has 0 unspecified atom stereocenters. The number of aromatic nitrogens is 2. The van der Waals surface area contributed by atoms with E-state index >= 15 is 0 Å². The van der Waals surface area contributed by atoms with Gasteiger partial charge in [0.15, 0.2) is 11.5 Å². The fourth-order valence-corrected chi connectivity index (χ4v) is 2.94. The number of nitrogens with zero attached hydrogens (tertiary/aromatic N) is 2. The molecule has 0 bridgehead atoms. The number of carbonyl (C=O) groups is 1.